The van der Waals surface area contributed by atoms with E-state index in [1.165, 1.54) is 0 Å². The lowest BCUT2D eigenvalue weighted by Gasteiger charge is -2.35. The first-order chi connectivity index (χ1) is 12.7. The molecule has 27 heavy (non-hydrogen) atoms. The zero-order valence-corrected chi connectivity index (χ0v) is 17.2. The van der Waals surface area contributed by atoms with E-state index in [9.17, 15) is 9.59 Å². The van der Waals surface area contributed by atoms with Crippen LogP contribution in [0.15, 0.2) is 24.3 Å². The quantitative estimate of drug-likeness (QED) is 0.759. The van der Waals surface area contributed by atoms with E-state index in [0.717, 1.165) is 18.4 Å². The lowest BCUT2D eigenvalue weighted by atomic mass is 9.95. The van der Waals surface area contributed by atoms with Crippen LogP contribution in [0.2, 0.25) is 5.02 Å². The number of halogens is 1. The summed E-state index contributed by atoms with van der Waals surface area (Å²) < 4.78 is 5.44. The summed E-state index contributed by atoms with van der Waals surface area (Å²) in [6.07, 6.45) is 3.21. The molecule has 1 saturated heterocycles. The maximum absolute atomic E-state index is 13.1. The van der Waals surface area contributed by atoms with E-state index in [0.29, 0.717) is 43.5 Å². The molecule has 1 aromatic rings. The Hall–Kier alpha value is -1.75. The maximum atomic E-state index is 13.1. The molecule has 0 radical (unpaired) electrons. The predicted octanol–water partition coefficient (Wildman–Crippen LogP) is 4.48. The zero-order valence-electron chi connectivity index (χ0n) is 16.4. The molecule has 0 N–H and O–H groups in total. The van der Waals surface area contributed by atoms with Crippen LogP contribution in [0.5, 0.6) is 0 Å². The van der Waals surface area contributed by atoms with Crippen LogP contribution in [0.25, 0.3) is 0 Å². The van der Waals surface area contributed by atoms with Crippen molar-refractivity contribution in [2.24, 2.45) is 5.92 Å². The Labute approximate surface area is 166 Å². The minimum atomic E-state index is -0.499. The van der Waals surface area contributed by atoms with Crippen LogP contribution in [0, 0.1) is 5.92 Å². The summed E-state index contributed by atoms with van der Waals surface area (Å²) in [7, 11) is 0. The number of carbonyl (C=O) groups excluding carboxylic acids is 2. The van der Waals surface area contributed by atoms with Crippen molar-refractivity contribution in [3.8, 4) is 0 Å². The molecule has 1 aliphatic carbocycles. The molecule has 0 bridgehead atoms. The molecular weight excluding hydrogens is 364 g/mol. The molecule has 1 aliphatic heterocycles. The van der Waals surface area contributed by atoms with Gasteiger partial charge in [-0.25, -0.2) is 4.79 Å². The summed E-state index contributed by atoms with van der Waals surface area (Å²) in [5.41, 5.74) is 0.493. The molecule has 2 fully saturated rings. The van der Waals surface area contributed by atoms with E-state index in [1.54, 1.807) is 4.90 Å². The van der Waals surface area contributed by atoms with Crippen LogP contribution in [-0.2, 0) is 16.1 Å². The highest BCUT2D eigenvalue weighted by molar-refractivity contribution is 6.31. The number of rotatable bonds is 4. The first kappa shape index (κ1) is 20.0. The van der Waals surface area contributed by atoms with E-state index < -0.39 is 5.60 Å². The number of ether oxygens (including phenoxy) is 1. The van der Waals surface area contributed by atoms with Crippen molar-refractivity contribution in [1.82, 2.24) is 9.80 Å². The fraction of sp³-hybridized carbons (Fsp3) is 0.619. The Bertz CT molecular complexity index is 689. The van der Waals surface area contributed by atoms with Crippen molar-refractivity contribution in [2.75, 3.05) is 13.1 Å². The zero-order chi connectivity index (χ0) is 19.6. The number of piperidine rings is 1. The van der Waals surface area contributed by atoms with Crippen LogP contribution in [0.4, 0.5) is 4.79 Å². The van der Waals surface area contributed by atoms with E-state index in [1.807, 2.05) is 49.9 Å². The second-order valence-corrected chi connectivity index (χ2v) is 8.94. The molecule has 5 nitrogen and oxygen atoms in total. The third-order valence-electron chi connectivity index (χ3n) is 5.07. The molecule has 1 heterocycles. The van der Waals surface area contributed by atoms with Crippen molar-refractivity contribution >= 4 is 23.6 Å². The van der Waals surface area contributed by atoms with Crippen LogP contribution < -0.4 is 0 Å². The molecule has 0 spiro atoms. The summed E-state index contributed by atoms with van der Waals surface area (Å²) in [5.74, 6) is 0.160. The Kier molecular flexibility index (Phi) is 5.99. The number of nitrogens with zero attached hydrogens (tertiary/aromatic N) is 2. The minimum absolute atomic E-state index is 0.0354. The number of likely N-dealkylation sites (tertiary alicyclic amines) is 1. The number of benzene rings is 1. The van der Waals surface area contributed by atoms with Gasteiger partial charge in [0.1, 0.15) is 5.60 Å². The van der Waals surface area contributed by atoms with E-state index in [2.05, 4.69) is 0 Å². The fourth-order valence-corrected chi connectivity index (χ4v) is 3.65. The smallest absolute Gasteiger partial charge is 0.410 e. The largest absolute Gasteiger partial charge is 0.444 e. The molecule has 2 amide bonds. The van der Waals surface area contributed by atoms with Crippen molar-refractivity contribution in [1.29, 1.82) is 0 Å². The van der Waals surface area contributed by atoms with Gasteiger partial charge < -0.3 is 14.5 Å². The summed E-state index contributed by atoms with van der Waals surface area (Å²) in [5, 5.41) is 0.704. The molecule has 3 rings (SSSR count). The van der Waals surface area contributed by atoms with Gasteiger partial charge >= 0.3 is 6.09 Å². The first-order valence-corrected chi connectivity index (χ1v) is 10.1. The molecule has 1 aromatic carbocycles. The SMILES string of the molecule is CC(C)(C)OC(=O)N1CCC(C(=O)N(Cc2ccccc2Cl)C2CC2)CC1. The molecule has 148 valence electrons. The van der Waals surface area contributed by atoms with Gasteiger partial charge in [-0.05, 0) is 58.1 Å². The van der Waals surface area contributed by atoms with Crippen molar-refractivity contribution in [3.05, 3.63) is 34.9 Å². The summed E-state index contributed by atoms with van der Waals surface area (Å²) >= 11 is 6.29. The average molecular weight is 393 g/mol. The number of amides is 2. The molecule has 2 aliphatic rings. The third-order valence-corrected chi connectivity index (χ3v) is 5.43. The summed E-state index contributed by atoms with van der Waals surface area (Å²) in [6.45, 7) is 7.29. The highest BCUT2D eigenvalue weighted by Gasteiger charge is 2.38. The maximum Gasteiger partial charge on any atom is 0.410 e. The highest BCUT2D eigenvalue weighted by Crippen LogP contribution is 2.33. The van der Waals surface area contributed by atoms with Crippen LogP contribution in [-0.4, -0.2) is 46.5 Å². The first-order valence-electron chi connectivity index (χ1n) is 9.76. The summed E-state index contributed by atoms with van der Waals surface area (Å²) in [4.78, 5) is 29.1. The van der Waals surface area contributed by atoms with Gasteiger partial charge in [-0.3, -0.25) is 4.79 Å². The number of carbonyl (C=O) groups is 2. The minimum Gasteiger partial charge on any atom is -0.444 e. The van der Waals surface area contributed by atoms with Crippen LogP contribution >= 0.6 is 11.6 Å². The molecule has 0 unspecified atom stereocenters. The van der Waals surface area contributed by atoms with Gasteiger partial charge in [-0.15, -0.1) is 0 Å². The topological polar surface area (TPSA) is 49.9 Å². The molecular formula is C21H29ClN2O3. The Morgan fingerprint density at radius 1 is 1.15 bits per heavy atom. The Morgan fingerprint density at radius 3 is 2.33 bits per heavy atom. The van der Waals surface area contributed by atoms with Crippen molar-refractivity contribution in [2.45, 2.75) is 64.6 Å². The molecule has 1 saturated carbocycles. The van der Waals surface area contributed by atoms with Gasteiger partial charge in [0.2, 0.25) is 5.91 Å². The van der Waals surface area contributed by atoms with Gasteiger partial charge in [-0.1, -0.05) is 29.8 Å². The molecule has 0 atom stereocenters. The molecule has 6 heteroatoms. The standard InChI is InChI=1S/C21H29ClN2O3/c1-21(2,3)27-20(26)23-12-10-15(11-13-23)19(25)24(17-8-9-17)14-16-6-4-5-7-18(16)22/h4-7,15,17H,8-14H2,1-3H3. The van der Waals surface area contributed by atoms with Gasteiger partial charge in [0.25, 0.3) is 0 Å². The van der Waals surface area contributed by atoms with Crippen LogP contribution in [0.1, 0.15) is 52.0 Å². The normalized spacial score (nSPS) is 18.3. The lowest BCUT2D eigenvalue weighted by molar-refractivity contribution is -0.138. The van der Waals surface area contributed by atoms with Gasteiger partial charge in [0.15, 0.2) is 0 Å². The van der Waals surface area contributed by atoms with Crippen molar-refractivity contribution in [3.63, 3.8) is 0 Å². The monoisotopic (exact) mass is 392 g/mol. The average Bonchev–Trinajstić information content (AvgIpc) is 3.44. The fourth-order valence-electron chi connectivity index (χ4n) is 3.45. The van der Waals surface area contributed by atoms with Crippen molar-refractivity contribution < 1.29 is 14.3 Å². The van der Waals surface area contributed by atoms with Gasteiger partial charge in [0, 0.05) is 36.6 Å². The second kappa shape index (κ2) is 8.09. The van der Waals surface area contributed by atoms with Gasteiger partial charge in [0.05, 0.1) is 0 Å². The number of hydrogen-bond donors (Lipinski definition) is 0. The Balaban J connectivity index is 1.58. The van der Waals surface area contributed by atoms with E-state index in [-0.39, 0.29) is 17.9 Å². The number of hydrogen-bond acceptors (Lipinski definition) is 3. The van der Waals surface area contributed by atoms with Crippen LogP contribution in [0.3, 0.4) is 0 Å². The second-order valence-electron chi connectivity index (χ2n) is 8.53. The third kappa shape index (κ3) is 5.38. The predicted molar refractivity (Wildman–Crippen MR) is 106 cm³/mol. The summed E-state index contributed by atoms with van der Waals surface area (Å²) in [6, 6.07) is 8.04. The van der Waals surface area contributed by atoms with Gasteiger partial charge in [-0.2, -0.15) is 0 Å². The lowest BCUT2D eigenvalue weighted by Crippen LogP contribution is -2.46. The van der Waals surface area contributed by atoms with E-state index in [4.69, 9.17) is 16.3 Å². The molecule has 0 aromatic heterocycles. The Morgan fingerprint density at radius 2 is 1.78 bits per heavy atom. The van der Waals surface area contributed by atoms with E-state index >= 15 is 0 Å². The highest BCUT2D eigenvalue weighted by atomic mass is 35.5.